The Bertz CT molecular complexity index is 397. The molecule has 1 fully saturated rings. The number of rotatable bonds is 2. The van der Waals surface area contributed by atoms with Gasteiger partial charge >= 0.3 is 0 Å². The number of nitrogens with zero attached hydrogens (tertiary/aromatic N) is 2. The second-order valence-corrected chi connectivity index (χ2v) is 3.94. The number of ether oxygens (including phenoxy) is 1. The molecule has 0 spiro atoms. The lowest BCUT2D eigenvalue weighted by atomic mass is 10.1. The van der Waals surface area contributed by atoms with Gasteiger partial charge in [0.15, 0.2) is 6.23 Å². The van der Waals surface area contributed by atoms with Gasteiger partial charge in [-0.3, -0.25) is 0 Å². The molecule has 4 atom stereocenters. The Kier molecular flexibility index (Phi) is 3.64. The van der Waals surface area contributed by atoms with Crippen LogP contribution in [0.4, 0.5) is 0 Å². The second kappa shape index (κ2) is 5.04. The van der Waals surface area contributed by atoms with Gasteiger partial charge in [-0.1, -0.05) is 6.58 Å². The van der Waals surface area contributed by atoms with Gasteiger partial charge in [0.1, 0.15) is 24.1 Å². The highest BCUT2D eigenvalue weighted by molar-refractivity contribution is 5.88. The molecule has 18 heavy (non-hydrogen) atoms. The largest absolute Gasteiger partial charge is 0.394 e. The first-order valence-corrected chi connectivity index (χ1v) is 5.31. The van der Waals surface area contributed by atoms with Crippen molar-refractivity contribution in [2.75, 3.05) is 6.61 Å². The van der Waals surface area contributed by atoms with Gasteiger partial charge in [-0.25, -0.2) is 0 Å². The second-order valence-electron chi connectivity index (χ2n) is 3.94. The summed E-state index contributed by atoms with van der Waals surface area (Å²) >= 11 is 0. The standard InChI is InChI=1S/C10H15N3O5/c1-5-12-7(18-11)2-3-13(5)10-9(16)8(15)6(4-14)17-10/h2-3,6,8-10,14-16H,1,4,11H2/t6-,8?,9+,10-/m1/s1. The predicted molar refractivity (Wildman–Crippen MR) is 60.6 cm³/mol. The quantitative estimate of drug-likeness (QED) is 0.423. The molecule has 5 N–H and O–H groups in total. The van der Waals surface area contributed by atoms with Crippen LogP contribution in [0.5, 0.6) is 0 Å². The zero-order valence-corrected chi connectivity index (χ0v) is 9.51. The van der Waals surface area contributed by atoms with Crippen LogP contribution in [0.25, 0.3) is 0 Å². The van der Waals surface area contributed by atoms with E-state index in [2.05, 4.69) is 16.4 Å². The molecule has 2 heterocycles. The van der Waals surface area contributed by atoms with E-state index in [4.69, 9.17) is 15.7 Å². The summed E-state index contributed by atoms with van der Waals surface area (Å²) in [5.74, 6) is 5.37. The predicted octanol–water partition coefficient (Wildman–Crippen LogP) is -1.99. The number of nitrogens with two attached hydrogens (primary N) is 1. The van der Waals surface area contributed by atoms with Crippen molar-refractivity contribution in [3.63, 3.8) is 0 Å². The minimum absolute atomic E-state index is 0.169. The van der Waals surface area contributed by atoms with Gasteiger partial charge in [0, 0.05) is 12.3 Å². The molecule has 0 saturated carbocycles. The van der Waals surface area contributed by atoms with E-state index in [9.17, 15) is 10.2 Å². The molecule has 0 aliphatic carbocycles. The normalized spacial score (nSPS) is 35.9. The van der Waals surface area contributed by atoms with E-state index in [-0.39, 0.29) is 18.3 Å². The molecule has 8 nitrogen and oxygen atoms in total. The van der Waals surface area contributed by atoms with Gasteiger partial charge < -0.3 is 29.8 Å². The van der Waals surface area contributed by atoms with Crippen LogP contribution in [0, 0.1) is 0 Å². The molecule has 2 aliphatic rings. The maximum atomic E-state index is 9.84. The fourth-order valence-electron chi connectivity index (χ4n) is 1.86. The van der Waals surface area contributed by atoms with Gasteiger partial charge in [0.25, 0.3) is 0 Å². The van der Waals surface area contributed by atoms with Crippen molar-refractivity contribution in [1.82, 2.24) is 4.90 Å². The van der Waals surface area contributed by atoms with Crippen molar-refractivity contribution in [3.8, 4) is 0 Å². The minimum Gasteiger partial charge on any atom is -0.394 e. The molecular weight excluding hydrogens is 242 g/mol. The number of aliphatic hydroxyl groups excluding tert-OH is 3. The third-order valence-electron chi connectivity index (χ3n) is 2.83. The molecule has 0 aromatic carbocycles. The van der Waals surface area contributed by atoms with E-state index in [1.165, 1.54) is 17.2 Å². The molecular formula is C10H15N3O5. The highest BCUT2D eigenvalue weighted by atomic mass is 16.6. The molecule has 2 aliphatic heterocycles. The Labute approximate surface area is 103 Å². The van der Waals surface area contributed by atoms with Crippen LogP contribution in [0.2, 0.25) is 0 Å². The number of hydrogen-bond donors (Lipinski definition) is 4. The van der Waals surface area contributed by atoms with Gasteiger partial charge in [-0.2, -0.15) is 10.9 Å². The van der Waals surface area contributed by atoms with Crippen LogP contribution in [-0.2, 0) is 9.57 Å². The molecule has 0 aromatic heterocycles. The van der Waals surface area contributed by atoms with E-state index in [0.29, 0.717) is 0 Å². The lowest BCUT2D eigenvalue weighted by Crippen LogP contribution is -2.41. The first-order chi connectivity index (χ1) is 8.58. The van der Waals surface area contributed by atoms with E-state index in [1.807, 2.05) is 0 Å². The fraction of sp³-hybridized carbons (Fsp3) is 0.500. The van der Waals surface area contributed by atoms with Gasteiger partial charge in [0.05, 0.1) is 6.61 Å². The summed E-state index contributed by atoms with van der Waals surface area (Å²) < 4.78 is 5.34. The monoisotopic (exact) mass is 257 g/mol. The van der Waals surface area contributed by atoms with Gasteiger partial charge in [0.2, 0.25) is 5.90 Å². The SMILES string of the molecule is C=C1N=C(ON)C=CN1[C@@H]1O[C@H](CO)C(O)[C@@H]1O. The highest BCUT2D eigenvalue weighted by Crippen LogP contribution is 2.28. The van der Waals surface area contributed by atoms with E-state index >= 15 is 0 Å². The molecule has 100 valence electrons. The summed E-state index contributed by atoms with van der Waals surface area (Å²) in [5, 5.41) is 28.5. The van der Waals surface area contributed by atoms with Crippen LogP contribution in [0.15, 0.2) is 29.7 Å². The third kappa shape index (κ3) is 2.11. The summed E-state index contributed by atoms with van der Waals surface area (Å²) in [6, 6.07) is 0. The summed E-state index contributed by atoms with van der Waals surface area (Å²) in [7, 11) is 0. The first kappa shape index (κ1) is 13.0. The molecule has 0 amide bonds. The molecule has 1 unspecified atom stereocenters. The zero-order valence-electron chi connectivity index (χ0n) is 9.51. The van der Waals surface area contributed by atoms with Crippen LogP contribution in [0.3, 0.4) is 0 Å². The van der Waals surface area contributed by atoms with Crippen molar-refractivity contribution in [2.24, 2.45) is 10.9 Å². The van der Waals surface area contributed by atoms with Crippen LogP contribution in [-0.4, -0.2) is 57.3 Å². The van der Waals surface area contributed by atoms with Crippen molar-refractivity contribution >= 4 is 5.90 Å². The lowest BCUT2D eigenvalue weighted by Gasteiger charge is -2.30. The van der Waals surface area contributed by atoms with Crippen LogP contribution >= 0.6 is 0 Å². The van der Waals surface area contributed by atoms with Crippen molar-refractivity contribution in [2.45, 2.75) is 24.5 Å². The first-order valence-electron chi connectivity index (χ1n) is 5.31. The average Bonchev–Trinajstić information content (AvgIpc) is 2.66. The lowest BCUT2D eigenvalue weighted by molar-refractivity contribution is -0.0694. The van der Waals surface area contributed by atoms with E-state index < -0.39 is 24.5 Å². The Morgan fingerprint density at radius 3 is 2.72 bits per heavy atom. The Morgan fingerprint density at radius 1 is 1.50 bits per heavy atom. The summed E-state index contributed by atoms with van der Waals surface area (Å²) in [4.78, 5) is 9.78. The summed E-state index contributed by atoms with van der Waals surface area (Å²) in [5.41, 5.74) is 0. The smallest absolute Gasteiger partial charge is 0.240 e. The number of aliphatic imine (C=N–C) groups is 1. The molecule has 0 radical (unpaired) electrons. The Balaban J connectivity index is 2.13. The maximum Gasteiger partial charge on any atom is 0.240 e. The third-order valence-corrected chi connectivity index (χ3v) is 2.83. The van der Waals surface area contributed by atoms with Crippen LogP contribution < -0.4 is 5.90 Å². The van der Waals surface area contributed by atoms with Crippen LogP contribution in [0.1, 0.15) is 0 Å². The Hall–Kier alpha value is -1.45. The van der Waals surface area contributed by atoms with Gasteiger partial charge in [-0.15, -0.1) is 0 Å². The molecule has 2 rings (SSSR count). The van der Waals surface area contributed by atoms with Crippen molar-refractivity contribution < 1.29 is 24.9 Å². The number of aliphatic hydroxyl groups is 3. The average molecular weight is 257 g/mol. The zero-order chi connectivity index (χ0) is 13.3. The van der Waals surface area contributed by atoms with E-state index in [0.717, 1.165) is 0 Å². The molecule has 0 aromatic rings. The van der Waals surface area contributed by atoms with Crippen molar-refractivity contribution in [3.05, 3.63) is 24.7 Å². The summed E-state index contributed by atoms with van der Waals surface area (Å²) in [6.07, 6.45) is -1.09. The Morgan fingerprint density at radius 2 is 2.22 bits per heavy atom. The van der Waals surface area contributed by atoms with Gasteiger partial charge in [-0.05, 0) is 0 Å². The minimum atomic E-state index is -1.18. The topological polar surface area (TPSA) is 121 Å². The van der Waals surface area contributed by atoms with E-state index in [1.54, 1.807) is 0 Å². The number of hydrogen-bond acceptors (Lipinski definition) is 8. The highest BCUT2D eigenvalue weighted by Gasteiger charge is 2.45. The molecule has 0 bridgehead atoms. The van der Waals surface area contributed by atoms with Crippen molar-refractivity contribution in [1.29, 1.82) is 0 Å². The fourth-order valence-corrected chi connectivity index (χ4v) is 1.86. The molecule has 1 saturated heterocycles. The maximum absolute atomic E-state index is 9.84. The summed E-state index contributed by atoms with van der Waals surface area (Å²) in [6.45, 7) is 3.28. The molecule has 8 heteroatoms.